The molecular formula is C21H28FNOS. The molecule has 0 saturated heterocycles. The summed E-state index contributed by atoms with van der Waals surface area (Å²) >= 11 is 4.59. The Morgan fingerprint density at radius 1 is 1.08 bits per heavy atom. The van der Waals surface area contributed by atoms with E-state index in [9.17, 15) is 4.39 Å². The van der Waals surface area contributed by atoms with E-state index in [1.807, 2.05) is 40.0 Å². The van der Waals surface area contributed by atoms with Gasteiger partial charge in [-0.1, -0.05) is 47.6 Å². The first kappa shape index (κ1) is 22.8. The van der Waals surface area contributed by atoms with Crippen molar-refractivity contribution < 1.29 is 9.50 Å². The van der Waals surface area contributed by atoms with E-state index in [2.05, 4.69) is 24.1 Å². The van der Waals surface area contributed by atoms with Gasteiger partial charge in [-0.3, -0.25) is 0 Å². The minimum atomic E-state index is -0.171. The molecule has 0 bridgehead atoms. The van der Waals surface area contributed by atoms with Gasteiger partial charge in [0.15, 0.2) is 0 Å². The van der Waals surface area contributed by atoms with Crippen molar-refractivity contribution in [2.45, 2.75) is 33.6 Å². The lowest BCUT2D eigenvalue weighted by atomic mass is 10.1. The van der Waals surface area contributed by atoms with E-state index in [0.717, 1.165) is 23.4 Å². The fraction of sp³-hybridized carbons (Fsp3) is 0.286. The summed E-state index contributed by atoms with van der Waals surface area (Å²) < 4.78 is 12.1. The smallest absolute Gasteiger partial charge is 0.123 e. The number of allylic oxidation sites excluding steroid dienone is 1. The second-order valence-electron chi connectivity index (χ2n) is 5.73. The van der Waals surface area contributed by atoms with Gasteiger partial charge >= 0.3 is 0 Å². The molecule has 0 saturated carbocycles. The molecule has 4 heteroatoms. The van der Waals surface area contributed by atoms with Gasteiger partial charge in [0.2, 0.25) is 0 Å². The lowest BCUT2D eigenvalue weighted by Gasteiger charge is -2.00. The molecule has 0 spiro atoms. The van der Waals surface area contributed by atoms with Gasteiger partial charge in [-0.25, -0.2) is 4.39 Å². The van der Waals surface area contributed by atoms with Crippen molar-refractivity contribution in [3.8, 4) is 5.75 Å². The molecule has 0 aliphatic heterocycles. The van der Waals surface area contributed by atoms with E-state index >= 15 is 0 Å². The van der Waals surface area contributed by atoms with Crippen LogP contribution in [0.4, 0.5) is 4.39 Å². The average Bonchev–Trinajstić information content (AvgIpc) is 2.58. The van der Waals surface area contributed by atoms with Crippen molar-refractivity contribution in [1.82, 2.24) is 5.32 Å². The second-order valence-corrected chi connectivity index (χ2v) is 6.34. The molecule has 0 aromatic heterocycles. The highest BCUT2D eigenvalue weighted by Crippen LogP contribution is 2.12. The number of nitrogens with one attached hydrogen (secondary N) is 1. The summed E-state index contributed by atoms with van der Waals surface area (Å²) in [6.45, 7) is 9.64. The van der Waals surface area contributed by atoms with Crippen molar-refractivity contribution in [3.05, 3.63) is 77.6 Å². The van der Waals surface area contributed by atoms with Gasteiger partial charge in [0.1, 0.15) is 11.6 Å². The Balaban J connectivity index is 0.000000382. The number of aromatic hydroxyl groups is 1. The van der Waals surface area contributed by atoms with E-state index in [1.54, 1.807) is 24.3 Å². The lowest BCUT2D eigenvalue weighted by molar-refractivity contribution is 0.475. The van der Waals surface area contributed by atoms with Gasteiger partial charge in [-0.15, -0.1) is 6.58 Å². The zero-order chi connectivity index (χ0) is 19.2. The number of halogens is 1. The van der Waals surface area contributed by atoms with Crippen LogP contribution in [0.25, 0.3) is 0 Å². The van der Waals surface area contributed by atoms with Crippen LogP contribution in [0.1, 0.15) is 31.4 Å². The van der Waals surface area contributed by atoms with Crippen molar-refractivity contribution in [2.75, 3.05) is 7.05 Å². The maximum atomic E-state index is 12.1. The largest absolute Gasteiger partial charge is 0.508 e. The zero-order valence-corrected chi connectivity index (χ0v) is 16.3. The normalized spacial score (nSPS) is 9.00. The summed E-state index contributed by atoms with van der Waals surface area (Å²) in [5, 5.41) is 11.8. The molecule has 2 nitrogen and oxygen atoms in total. The summed E-state index contributed by atoms with van der Waals surface area (Å²) in [5.41, 5.74) is 3.53. The SMILES string of the molecule is C=C(C)CCc1ccc(O)cc1.CNC(C)=S.Cc1ccc(F)cc1. The topological polar surface area (TPSA) is 32.3 Å². The fourth-order valence-electron chi connectivity index (χ4n) is 1.55. The van der Waals surface area contributed by atoms with E-state index in [1.165, 1.54) is 23.3 Å². The standard InChI is InChI=1S/C11H14O.C7H7F.C3H7NS/c1-9(2)3-4-10-5-7-11(12)8-6-10;1-6-2-4-7(8)5-3-6;1-3(5)4-2/h5-8,12H,1,3-4H2,2H3;2-5H,1H3;1-2H3,(H,4,5). The van der Waals surface area contributed by atoms with Crippen molar-refractivity contribution in [1.29, 1.82) is 0 Å². The molecule has 0 aliphatic rings. The zero-order valence-electron chi connectivity index (χ0n) is 15.5. The molecule has 2 aromatic carbocycles. The Bertz CT molecular complexity index is 615. The van der Waals surface area contributed by atoms with Crippen molar-refractivity contribution >= 4 is 17.2 Å². The van der Waals surface area contributed by atoms with E-state index < -0.39 is 0 Å². The summed E-state index contributed by atoms with van der Waals surface area (Å²) in [6, 6.07) is 13.7. The van der Waals surface area contributed by atoms with Crippen LogP contribution in [0.2, 0.25) is 0 Å². The molecule has 25 heavy (non-hydrogen) atoms. The Morgan fingerprint density at radius 2 is 1.56 bits per heavy atom. The van der Waals surface area contributed by atoms with Crippen LogP contribution >= 0.6 is 12.2 Å². The first-order valence-corrected chi connectivity index (χ1v) is 8.48. The highest BCUT2D eigenvalue weighted by atomic mass is 32.1. The van der Waals surface area contributed by atoms with Crippen LogP contribution in [0, 0.1) is 12.7 Å². The molecule has 2 rings (SSSR count). The minimum absolute atomic E-state index is 0.171. The molecule has 0 aliphatic carbocycles. The number of rotatable bonds is 3. The summed E-state index contributed by atoms with van der Waals surface area (Å²) in [6.07, 6.45) is 2.03. The molecule has 0 fully saturated rings. The number of aryl methyl sites for hydroxylation is 2. The van der Waals surface area contributed by atoms with E-state index in [4.69, 9.17) is 5.11 Å². The molecule has 0 radical (unpaired) electrons. The third kappa shape index (κ3) is 13.9. The van der Waals surface area contributed by atoms with Crippen LogP contribution in [0.5, 0.6) is 5.75 Å². The fourth-order valence-corrected chi connectivity index (χ4v) is 1.55. The molecule has 2 aromatic rings. The quantitative estimate of drug-likeness (QED) is 0.552. The molecule has 136 valence electrons. The van der Waals surface area contributed by atoms with Gasteiger partial charge in [0, 0.05) is 7.05 Å². The van der Waals surface area contributed by atoms with E-state index in [0.29, 0.717) is 5.75 Å². The van der Waals surface area contributed by atoms with Crippen LogP contribution in [-0.4, -0.2) is 17.1 Å². The van der Waals surface area contributed by atoms with E-state index in [-0.39, 0.29) is 5.82 Å². The highest BCUT2D eigenvalue weighted by Gasteiger charge is 1.93. The van der Waals surface area contributed by atoms with Gasteiger partial charge in [0.25, 0.3) is 0 Å². The third-order valence-electron chi connectivity index (χ3n) is 3.14. The Hall–Kier alpha value is -2.20. The van der Waals surface area contributed by atoms with Crippen LogP contribution < -0.4 is 5.32 Å². The number of hydrogen-bond donors (Lipinski definition) is 2. The molecule has 2 N–H and O–H groups in total. The Labute approximate surface area is 156 Å². The van der Waals surface area contributed by atoms with Crippen LogP contribution in [-0.2, 0) is 6.42 Å². The Morgan fingerprint density at radius 3 is 1.92 bits per heavy atom. The first-order valence-electron chi connectivity index (χ1n) is 8.07. The summed E-state index contributed by atoms with van der Waals surface area (Å²) in [4.78, 5) is 0.838. The predicted octanol–water partition coefficient (Wildman–Crippen LogP) is 5.59. The van der Waals surface area contributed by atoms with Gasteiger partial charge in [-0.2, -0.15) is 0 Å². The maximum Gasteiger partial charge on any atom is 0.123 e. The number of phenols is 1. The van der Waals surface area contributed by atoms with Gasteiger partial charge < -0.3 is 10.4 Å². The monoisotopic (exact) mass is 361 g/mol. The summed E-state index contributed by atoms with van der Waals surface area (Å²) in [7, 11) is 1.81. The average molecular weight is 362 g/mol. The highest BCUT2D eigenvalue weighted by molar-refractivity contribution is 7.80. The molecule has 0 atom stereocenters. The van der Waals surface area contributed by atoms with Crippen LogP contribution in [0.15, 0.2) is 60.7 Å². The lowest BCUT2D eigenvalue weighted by Crippen LogP contribution is -2.09. The number of phenolic OH excluding ortho intramolecular Hbond substituents is 1. The van der Waals surface area contributed by atoms with Crippen molar-refractivity contribution in [2.24, 2.45) is 0 Å². The number of hydrogen-bond acceptors (Lipinski definition) is 2. The summed E-state index contributed by atoms with van der Waals surface area (Å²) in [5.74, 6) is 0.157. The minimum Gasteiger partial charge on any atom is -0.508 e. The Kier molecular flexibility index (Phi) is 12.0. The molecular weight excluding hydrogens is 333 g/mol. The first-order chi connectivity index (χ1) is 11.7. The van der Waals surface area contributed by atoms with Gasteiger partial charge in [0.05, 0.1) is 4.99 Å². The van der Waals surface area contributed by atoms with Gasteiger partial charge in [-0.05, 0) is 63.4 Å². The molecule has 0 heterocycles. The number of thiocarbonyl (C=S) groups is 1. The second kappa shape index (κ2) is 13.1. The predicted molar refractivity (Wildman–Crippen MR) is 110 cm³/mol. The van der Waals surface area contributed by atoms with Crippen LogP contribution in [0.3, 0.4) is 0 Å². The number of benzene rings is 2. The maximum absolute atomic E-state index is 12.1. The third-order valence-corrected chi connectivity index (χ3v) is 3.34. The molecule has 0 amide bonds. The molecule has 0 unspecified atom stereocenters. The van der Waals surface area contributed by atoms with Crippen molar-refractivity contribution in [3.63, 3.8) is 0 Å².